The number of nitrogens with zero attached hydrogens (tertiary/aromatic N) is 1. The Kier molecular flexibility index (Phi) is 21.4. The number of hydrogen-bond donors (Lipinski definition) is 5. The summed E-state index contributed by atoms with van der Waals surface area (Å²) < 4.78 is 45.5. The van der Waals surface area contributed by atoms with Crippen molar-refractivity contribution in [2.24, 2.45) is 0 Å². The monoisotopic (exact) mass is 515 g/mol. The Morgan fingerprint density at radius 3 is 1.39 bits per heavy atom. The molecule has 0 saturated heterocycles. The Balaban J connectivity index is -0.000000960. The van der Waals surface area contributed by atoms with E-state index in [1.54, 1.807) is 6.92 Å². The first-order chi connectivity index (χ1) is 10.9. The number of rotatable bonds is 11. The summed E-state index contributed by atoms with van der Waals surface area (Å²) in [6, 6.07) is 0. The third-order valence-corrected chi connectivity index (χ3v) is 10.1. The van der Waals surface area contributed by atoms with Crippen molar-refractivity contribution in [3.8, 4) is 0 Å². The molecule has 2 atom stereocenters. The number of unbranched alkanes of at least 4 members (excludes halogenated alkanes) is 3. The minimum Gasteiger partial charge on any atom is -0.809 e. The second-order valence-electron chi connectivity index (χ2n) is 5.27. The van der Waals surface area contributed by atoms with Gasteiger partial charge < -0.3 is 48.3 Å². The molecule has 20 heteroatoms. The molecule has 0 rings (SSSR count). The summed E-state index contributed by atoms with van der Waals surface area (Å²) in [6.45, 7) is 0.907. The molecular weight excluding hydrogens is 495 g/mol. The van der Waals surface area contributed by atoms with Gasteiger partial charge in [-0.2, -0.15) is 0 Å². The summed E-state index contributed by atoms with van der Waals surface area (Å²) in [5.74, 6) is 0. The molecule has 0 radical (unpaired) electrons. The van der Waals surface area contributed by atoms with E-state index in [1.807, 2.05) is 0 Å². The van der Waals surface area contributed by atoms with Crippen LogP contribution in [0, 0.1) is 0 Å². The first-order valence-electron chi connectivity index (χ1n) is 6.85. The van der Waals surface area contributed by atoms with Crippen LogP contribution in [0.2, 0.25) is 0 Å². The van der Waals surface area contributed by atoms with Crippen LogP contribution in [0.15, 0.2) is 0 Å². The van der Waals surface area contributed by atoms with Crippen molar-refractivity contribution < 1.29 is 146 Å². The first-order valence-corrected chi connectivity index (χ1v) is 13.5. The molecule has 0 aromatic heterocycles. The topological polar surface area (TPSA) is 242 Å². The van der Waals surface area contributed by atoms with Crippen molar-refractivity contribution in [3.63, 3.8) is 0 Å². The van der Waals surface area contributed by atoms with Crippen LogP contribution >= 0.6 is 30.4 Å². The van der Waals surface area contributed by atoms with E-state index >= 15 is 0 Å². The predicted molar refractivity (Wildman–Crippen MR) is 79.9 cm³/mol. The zero-order valence-electron chi connectivity index (χ0n) is 16.0. The van der Waals surface area contributed by atoms with E-state index in [4.69, 9.17) is 4.89 Å². The van der Waals surface area contributed by atoms with Crippen molar-refractivity contribution in [1.29, 1.82) is 0 Å². The summed E-state index contributed by atoms with van der Waals surface area (Å²) in [5, 5.41) is 0. The molecule has 0 saturated carbocycles. The maximum absolute atomic E-state index is 11.5. The van der Waals surface area contributed by atoms with Gasteiger partial charge in [0.2, 0.25) is 5.52 Å². The second-order valence-corrected chi connectivity index (χ2v) is 12.6. The van der Waals surface area contributed by atoms with Gasteiger partial charge in [-0.3, -0.25) is 14.0 Å². The van der Waals surface area contributed by atoms with Gasteiger partial charge in [-0.15, -0.1) is 0 Å². The van der Waals surface area contributed by atoms with E-state index in [1.165, 1.54) is 0 Å². The molecule has 0 heterocycles. The minimum atomic E-state index is -6.29. The first kappa shape index (κ1) is 38.8. The summed E-state index contributed by atoms with van der Waals surface area (Å²) in [6.07, 6.45) is 1.34. The van der Waals surface area contributed by atoms with E-state index in [9.17, 15) is 52.5 Å². The van der Waals surface area contributed by atoms with Gasteiger partial charge in [0.05, 0.1) is 0 Å². The minimum absolute atomic E-state index is 0. The van der Waals surface area contributed by atoms with Crippen LogP contribution in [0.5, 0.6) is 0 Å². The summed E-state index contributed by atoms with van der Waals surface area (Å²) in [5.41, 5.74) is -6.64. The molecule has 0 aliphatic heterocycles. The van der Waals surface area contributed by atoms with Crippen molar-refractivity contribution in [2.75, 3.05) is 6.54 Å². The SMILES string of the molecule is CCCCCCN(C(P(=O)([O-])[O-])P(=O)([O-])O)C(P(=O)(O)O)P(=O)(O)O.[Na+].[Na+].[Na+]. The fraction of sp³-hybridized carbons (Fsp3) is 1.00. The van der Waals surface area contributed by atoms with Crippen LogP contribution in [-0.4, -0.2) is 47.0 Å². The van der Waals surface area contributed by atoms with Gasteiger partial charge in [0.1, 0.15) is 5.52 Å². The van der Waals surface area contributed by atoms with Crippen molar-refractivity contribution in [1.82, 2.24) is 4.90 Å². The van der Waals surface area contributed by atoms with Gasteiger partial charge in [-0.1, -0.05) is 26.2 Å². The quantitative estimate of drug-likeness (QED) is 0.0977. The largest absolute Gasteiger partial charge is 1.00 e. The molecule has 0 aliphatic rings. The van der Waals surface area contributed by atoms with E-state index in [0.29, 0.717) is 12.8 Å². The van der Waals surface area contributed by atoms with Crippen LogP contribution in [0.4, 0.5) is 0 Å². The maximum atomic E-state index is 11.5. The molecule has 0 aromatic carbocycles. The third-order valence-electron chi connectivity index (χ3n) is 3.04. The van der Waals surface area contributed by atoms with Gasteiger partial charge in [0, 0.05) is 6.54 Å². The van der Waals surface area contributed by atoms with Crippen LogP contribution in [0.25, 0.3) is 0 Å². The molecule has 13 nitrogen and oxygen atoms in total. The van der Waals surface area contributed by atoms with Gasteiger partial charge in [-0.05, 0) is 14.0 Å². The Morgan fingerprint density at radius 2 is 1.14 bits per heavy atom. The third kappa shape index (κ3) is 14.0. The summed E-state index contributed by atoms with van der Waals surface area (Å²) in [4.78, 5) is 79.3. The number of hydrogen-bond acceptors (Lipinski definition) is 8. The summed E-state index contributed by atoms with van der Waals surface area (Å²) >= 11 is 0. The zero-order chi connectivity index (χ0) is 20.3. The van der Waals surface area contributed by atoms with E-state index in [-0.39, 0.29) is 106 Å². The molecular formula is C8H20NNa3O12P4. The maximum Gasteiger partial charge on any atom is 1.00 e. The van der Waals surface area contributed by atoms with Crippen molar-refractivity contribution >= 4 is 30.4 Å². The van der Waals surface area contributed by atoms with Crippen molar-refractivity contribution in [3.05, 3.63) is 0 Å². The average Bonchev–Trinajstić information content (AvgIpc) is 2.26. The molecule has 2 unspecified atom stereocenters. The normalized spacial score (nSPS) is 15.8. The Hall–Kier alpha value is 3.56. The summed E-state index contributed by atoms with van der Waals surface area (Å²) in [7, 11) is -24.0. The second kappa shape index (κ2) is 15.5. The Morgan fingerprint density at radius 1 is 0.750 bits per heavy atom. The molecule has 152 valence electrons. The standard InChI is InChI=1S/C8H23NO12P4.3Na/c1-2-3-4-5-6-9(7(22(10,11)12)23(13,14)15)8(24(16,17)18)25(19,20)21;;;/h7-8H,2-6H2,1H3,(H2,10,11,12)(H2,13,14,15)(H2,16,17,18)(H2,19,20,21);;;/q;3*+1/p-3. The molecule has 0 fully saturated rings. The fourth-order valence-corrected chi connectivity index (χ4v) is 8.13. The molecule has 0 aliphatic carbocycles. The van der Waals surface area contributed by atoms with Crippen LogP contribution in [-0.2, 0) is 18.3 Å². The molecule has 28 heavy (non-hydrogen) atoms. The zero-order valence-corrected chi connectivity index (χ0v) is 25.6. The molecule has 5 N–H and O–H groups in total. The molecule has 0 aromatic rings. The Labute approximate surface area is 228 Å². The van der Waals surface area contributed by atoms with E-state index < -0.39 is 48.0 Å². The smallest absolute Gasteiger partial charge is 0.809 e. The van der Waals surface area contributed by atoms with Gasteiger partial charge in [0.15, 0.2) is 7.60 Å². The van der Waals surface area contributed by atoms with Gasteiger partial charge in [-0.25, -0.2) is 0 Å². The predicted octanol–water partition coefficient (Wildman–Crippen LogP) is -10.7. The van der Waals surface area contributed by atoms with E-state index in [0.717, 1.165) is 0 Å². The average molecular weight is 515 g/mol. The van der Waals surface area contributed by atoms with Gasteiger partial charge in [0.25, 0.3) is 0 Å². The molecule has 0 bridgehead atoms. The molecule has 0 spiro atoms. The van der Waals surface area contributed by atoms with Crippen molar-refractivity contribution in [2.45, 2.75) is 43.7 Å². The van der Waals surface area contributed by atoms with E-state index in [2.05, 4.69) is 0 Å². The van der Waals surface area contributed by atoms with Crippen LogP contribution in [0.3, 0.4) is 0 Å². The van der Waals surface area contributed by atoms with Crippen LogP contribution < -0.4 is 103 Å². The Bertz CT molecular complexity index is 536. The fourth-order valence-electron chi connectivity index (χ4n) is 2.20. The van der Waals surface area contributed by atoms with Gasteiger partial charge >= 0.3 is 104 Å². The molecule has 0 amide bonds. The van der Waals surface area contributed by atoms with Crippen LogP contribution in [0.1, 0.15) is 32.6 Å².